The highest BCUT2D eigenvalue weighted by Crippen LogP contribution is 2.18. The van der Waals surface area contributed by atoms with Crippen LogP contribution in [0.2, 0.25) is 0 Å². The summed E-state index contributed by atoms with van der Waals surface area (Å²) in [5.41, 5.74) is 0.780. The van der Waals surface area contributed by atoms with E-state index in [1.165, 1.54) is 11.3 Å². The topological polar surface area (TPSA) is 72.9 Å². The molecule has 0 bridgehead atoms. The summed E-state index contributed by atoms with van der Waals surface area (Å²) in [6, 6.07) is 0. The lowest BCUT2D eigenvalue weighted by Crippen LogP contribution is -2.26. The molecule has 6 heteroatoms. The lowest BCUT2D eigenvalue weighted by atomic mass is 10.4. The largest absolute Gasteiger partial charge is 0.297 e. The van der Waals surface area contributed by atoms with E-state index in [4.69, 9.17) is 5.84 Å². The van der Waals surface area contributed by atoms with Crippen LogP contribution in [0.15, 0.2) is 12.5 Å². The molecule has 0 saturated carbocycles. The standard InChI is InChI=1S/C7H10N6/c1-12(8)6-5-3-11-13(2)7(5)10-4-9-6/h3-4H,8H2,1-2H3. The Hall–Kier alpha value is -1.69. The molecule has 2 N–H and O–H groups in total. The zero-order valence-corrected chi connectivity index (χ0v) is 7.47. The molecule has 2 rings (SSSR count). The van der Waals surface area contributed by atoms with Crippen LogP contribution in [0.3, 0.4) is 0 Å². The Labute approximate surface area is 75.0 Å². The number of nitrogens with zero attached hydrogens (tertiary/aromatic N) is 5. The quantitative estimate of drug-likeness (QED) is 0.478. The Bertz CT molecular complexity index is 431. The van der Waals surface area contributed by atoms with Gasteiger partial charge >= 0.3 is 0 Å². The van der Waals surface area contributed by atoms with Gasteiger partial charge in [-0.2, -0.15) is 5.10 Å². The highest BCUT2D eigenvalue weighted by Gasteiger charge is 2.08. The lowest BCUT2D eigenvalue weighted by molar-refractivity contribution is 0.785. The smallest absolute Gasteiger partial charge is 0.163 e. The van der Waals surface area contributed by atoms with E-state index >= 15 is 0 Å². The van der Waals surface area contributed by atoms with E-state index in [0.29, 0.717) is 5.82 Å². The molecule has 2 heterocycles. The Balaban J connectivity index is 2.77. The number of anilines is 1. The second-order valence-corrected chi connectivity index (χ2v) is 2.81. The summed E-state index contributed by atoms with van der Waals surface area (Å²) < 4.78 is 1.68. The van der Waals surface area contributed by atoms with Gasteiger partial charge in [-0.3, -0.25) is 9.69 Å². The molecule has 0 fully saturated rings. The SMILES string of the molecule is CN(N)c1ncnc2c1cnn2C. The average molecular weight is 178 g/mol. The van der Waals surface area contributed by atoms with Crippen molar-refractivity contribution in [3.8, 4) is 0 Å². The lowest BCUT2D eigenvalue weighted by Gasteiger charge is -2.10. The third-order valence-electron chi connectivity index (χ3n) is 1.84. The normalized spacial score (nSPS) is 10.7. The summed E-state index contributed by atoms with van der Waals surface area (Å²) in [6.45, 7) is 0. The number of rotatable bonds is 1. The maximum Gasteiger partial charge on any atom is 0.163 e. The first kappa shape index (κ1) is 7.93. The monoisotopic (exact) mass is 178 g/mol. The Kier molecular flexibility index (Phi) is 1.63. The van der Waals surface area contributed by atoms with Gasteiger partial charge < -0.3 is 0 Å². The Morgan fingerprint density at radius 3 is 2.92 bits per heavy atom. The minimum atomic E-state index is 0.679. The van der Waals surface area contributed by atoms with Crippen molar-refractivity contribution in [2.24, 2.45) is 12.9 Å². The molecule has 0 radical (unpaired) electrons. The second kappa shape index (κ2) is 2.67. The van der Waals surface area contributed by atoms with Crippen molar-refractivity contribution in [1.82, 2.24) is 19.7 Å². The molecule has 0 spiro atoms. The third kappa shape index (κ3) is 1.11. The van der Waals surface area contributed by atoms with Gasteiger partial charge in [-0.25, -0.2) is 15.8 Å². The maximum absolute atomic E-state index is 5.60. The molecule has 0 aromatic carbocycles. The van der Waals surface area contributed by atoms with Crippen molar-refractivity contribution in [3.63, 3.8) is 0 Å². The van der Waals surface area contributed by atoms with E-state index in [-0.39, 0.29) is 0 Å². The van der Waals surface area contributed by atoms with Crippen LogP contribution in [-0.2, 0) is 7.05 Å². The molecule has 0 aliphatic rings. The van der Waals surface area contributed by atoms with Gasteiger partial charge in [0.15, 0.2) is 11.5 Å². The van der Waals surface area contributed by atoms with Gasteiger partial charge in [-0.05, 0) is 0 Å². The average Bonchev–Trinajstić information content (AvgIpc) is 2.48. The number of aromatic nitrogens is 4. The van der Waals surface area contributed by atoms with Crippen LogP contribution in [0.5, 0.6) is 0 Å². The zero-order chi connectivity index (χ0) is 9.42. The Morgan fingerprint density at radius 1 is 1.46 bits per heavy atom. The van der Waals surface area contributed by atoms with Gasteiger partial charge in [0.05, 0.1) is 11.6 Å². The molecular weight excluding hydrogens is 168 g/mol. The van der Waals surface area contributed by atoms with E-state index < -0.39 is 0 Å². The summed E-state index contributed by atoms with van der Waals surface area (Å²) in [5, 5.41) is 6.38. The fraction of sp³-hybridized carbons (Fsp3) is 0.286. The molecule has 0 atom stereocenters. The van der Waals surface area contributed by atoms with Gasteiger partial charge in [-0.15, -0.1) is 0 Å². The summed E-state index contributed by atoms with van der Waals surface area (Å²) >= 11 is 0. The van der Waals surface area contributed by atoms with E-state index in [1.807, 2.05) is 7.05 Å². The van der Waals surface area contributed by atoms with E-state index in [1.54, 1.807) is 17.9 Å². The summed E-state index contributed by atoms with van der Waals surface area (Å²) in [6.07, 6.45) is 3.18. The maximum atomic E-state index is 5.60. The fourth-order valence-corrected chi connectivity index (χ4v) is 1.23. The van der Waals surface area contributed by atoms with Gasteiger partial charge in [0.1, 0.15) is 6.33 Å². The fourth-order valence-electron chi connectivity index (χ4n) is 1.23. The van der Waals surface area contributed by atoms with Gasteiger partial charge in [0.25, 0.3) is 0 Å². The van der Waals surface area contributed by atoms with Crippen molar-refractivity contribution < 1.29 is 0 Å². The molecule has 0 aliphatic heterocycles. The van der Waals surface area contributed by atoms with Gasteiger partial charge in [0.2, 0.25) is 0 Å². The first-order valence-corrected chi connectivity index (χ1v) is 3.81. The zero-order valence-electron chi connectivity index (χ0n) is 7.47. The minimum absolute atomic E-state index is 0.679. The summed E-state index contributed by atoms with van der Waals surface area (Å²) in [5.74, 6) is 6.27. The van der Waals surface area contributed by atoms with Crippen LogP contribution in [-0.4, -0.2) is 26.8 Å². The number of nitrogens with two attached hydrogens (primary N) is 1. The molecule has 0 unspecified atom stereocenters. The van der Waals surface area contributed by atoms with Crippen molar-refractivity contribution in [2.75, 3.05) is 12.1 Å². The van der Waals surface area contributed by atoms with Crippen LogP contribution in [0, 0.1) is 0 Å². The number of aryl methyl sites for hydroxylation is 1. The van der Waals surface area contributed by atoms with Crippen LogP contribution in [0.25, 0.3) is 11.0 Å². The molecule has 2 aromatic rings. The number of fused-ring (bicyclic) bond motifs is 1. The van der Waals surface area contributed by atoms with E-state index in [9.17, 15) is 0 Å². The molecule has 6 nitrogen and oxygen atoms in total. The predicted octanol–water partition coefficient (Wildman–Crippen LogP) is -0.327. The van der Waals surface area contributed by atoms with E-state index in [0.717, 1.165) is 11.0 Å². The van der Waals surface area contributed by atoms with Crippen LogP contribution < -0.4 is 10.9 Å². The third-order valence-corrected chi connectivity index (χ3v) is 1.84. The van der Waals surface area contributed by atoms with Crippen LogP contribution in [0.1, 0.15) is 0 Å². The molecule has 0 amide bonds. The number of hydrogen-bond acceptors (Lipinski definition) is 5. The van der Waals surface area contributed by atoms with Crippen molar-refractivity contribution in [2.45, 2.75) is 0 Å². The highest BCUT2D eigenvalue weighted by atomic mass is 15.4. The second-order valence-electron chi connectivity index (χ2n) is 2.81. The van der Waals surface area contributed by atoms with Crippen molar-refractivity contribution in [1.29, 1.82) is 0 Å². The first-order chi connectivity index (χ1) is 6.20. The molecule has 0 aliphatic carbocycles. The van der Waals surface area contributed by atoms with Crippen LogP contribution >= 0.6 is 0 Å². The van der Waals surface area contributed by atoms with E-state index in [2.05, 4.69) is 15.1 Å². The molecule has 68 valence electrons. The van der Waals surface area contributed by atoms with Crippen molar-refractivity contribution in [3.05, 3.63) is 12.5 Å². The Morgan fingerprint density at radius 2 is 2.23 bits per heavy atom. The van der Waals surface area contributed by atoms with Gasteiger partial charge in [0, 0.05) is 14.1 Å². The van der Waals surface area contributed by atoms with Crippen molar-refractivity contribution >= 4 is 16.9 Å². The first-order valence-electron chi connectivity index (χ1n) is 3.81. The van der Waals surface area contributed by atoms with Gasteiger partial charge in [-0.1, -0.05) is 0 Å². The summed E-state index contributed by atoms with van der Waals surface area (Å²) in [4.78, 5) is 8.15. The highest BCUT2D eigenvalue weighted by molar-refractivity contribution is 5.86. The predicted molar refractivity (Wildman–Crippen MR) is 48.9 cm³/mol. The van der Waals surface area contributed by atoms with Crippen LogP contribution in [0.4, 0.5) is 5.82 Å². The number of hydrogen-bond donors (Lipinski definition) is 1. The molecule has 13 heavy (non-hydrogen) atoms. The molecule has 2 aromatic heterocycles. The minimum Gasteiger partial charge on any atom is -0.297 e. The molecular formula is C7H10N6. The number of hydrazine groups is 1. The summed E-state index contributed by atoms with van der Waals surface area (Å²) in [7, 11) is 3.56. The molecule has 0 saturated heterocycles.